The van der Waals surface area contributed by atoms with Gasteiger partial charge >= 0.3 is 0 Å². The Labute approximate surface area is 302 Å². The minimum Gasteiger partial charge on any atom is -0.216 e. The molecule has 7 aromatic rings. The number of pyridine rings is 1. The number of nitrogens with zero attached hydrogens (tertiary/aromatic N) is 3. The van der Waals surface area contributed by atoms with E-state index in [1.54, 1.807) is 0 Å². The summed E-state index contributed by atoms with van der Waals surface area (Å²) in [6, 6.07) is 49.8. The fourth-order valence-electron chi connectivity index (χ4n) is 10.0. The minimum absolute atomic E-state index is 0.106. The van der Waals surface area contributed by atoms with Crippen molar-refractivity contribution in [1.29, 1.82) is 0 Å². The van der Waals surface area contributed by atoms with Crippen LogP contribution in [0.4, 0.5) is 0 Å². The molecule has 2 aliphatic heterocycles. The number of aryl methyl sites for hydroxylation is 2. The Morgan fingerprint density at radius 3 is 2.16 bits per heavy atom. The molecule has 4 heterocycles. The quantitative estimate of drug-likeness (QED) is 0.150. The first-order valence-electron chi connectivity index (χ1n) is 18.9. The molecule has 0 amide bonds. The summed E-state index contributed by atoms with van der Waals surface area (Å²) in [5, 5.41) is 0. The van der Waals surface area contributed by atoms with Crippen LogP contribution < -0.4 is 9.13 Å². The average molecular weight is 666 g/mol. The van der Waals surface area contributed by atoms with Gasteiger partial charge in [0.15, 0.2) is 23.8 Å². The van der Waals surface area contributed by atoms with Crippen LogP contribution in [0.1, 0.15) is 75.1 Å². The molecule has 0 spiro atoms. The molecule has 0 fully saturated rings. The highest BCUT2D eigenvalue weighted by Gasteiger charge is 2.60. The number of para-hydroxylation sites is 2. The Balaban J connectivity index is 1.31. The van der Waals surface area contributed by atoms with Gasteiger partial charge < -0.3 is 0 Å². The zero-order valence-corrected chi connectivity index (χ0v) is 30.5. The van der Waals surface area contributed by atoms with Gasteiger partial charge in [-0.05, 0) is 66.8 Å². The smallest absolute Gasteiger partial charge is 0.216 e. The molecular weight excluding hydrogens is 619 g/mol. The molecule has 3 heteroatoms. The standard InChI is InChI=1S/C48H47N3/c1-6-47(5)41-25-15-13-23-40(41)46-50-43-26-16-14-22-38(43)34(4)39-24-17-27-44(45(39)50)51(46)48(47,7-2)30-31-49-32-36(35-19-9-8-10-20-35)28-29-42(49)37-21-12-11-18-33(37)3/h8-29,32,34H,6-7,30-31H2,1-5H3/q+2. The predicted molar refractivity (Wildman–Crippen MR) is 209 cm³/mol. The topological polar surface area (TPSA) is 12.7 Å². The van der Waals surface area contributed by atoms with Gasteiger partial charge in [0.2, 0.25) is 5.69 Å². The maximum Gasteiger partial charge on any atom is 0.295 e. The van der Waals surface area contributed by atoms with Gasteiger partial charge in [-0.3, -0.25) is 0 Å². The number of fused-ring (bicyclic) bond motifs is 7. The Bertz CT molecular complexity index is 2450. The molecule has 3 unspecified atom stereocenters. The zero-order valence-electron chi connectivity index (χ0n) is 30.5. The van der Waals surface area contributed by atoms with Crippen LogP contribution in [0.25, 0.3) is 50.5 Å². The van der Waals surface area contributed by atoms with Gasteiger partial charge in [0.25, 0.3) is 5.82 Å². The van der Waals surface area contributed by atoms with Gasteiger partial charge in [-0.1, -0.05) is 125 Å². The van der Waals surface area contributed by atoms with E-state index < -0.39 is 0 Å². The van der Waals surface area contributed by atoms with Gasteiger partial charge in [-0.25, -0.2) is 4.57 Å². The molecule has 3 nitrogen and oxygen atoms in total. The van der Waals surface area contributed by atoms with Crippen LogP contribution in [0.3, 0.4) is 0 Å². The summed E-state index contributed by atoms with van der Waals surface area (Å²) < 4.78 is 8.00. The third kappa shape index (κ3) is 4.43. The number of imidazole rings is 1. The Morgan fingerprint density at radius 2 is 1.37 bits per heavy atom. The van der Waals surface area contributed by atoms with E-state index in [1.165, 1.54) is 72.7 Å². The summed E-state index contributed by atoms with van der Waals surface area (Å²) in [5.74, 6) is 1.65. The largest absolute Gasteiger partial charge is 0.295 e. The Kier molecular flexibility index (Phi) is 7.40. The molecular formula is C48H47N3+2. The molecule has 0 saturated carbocycles. The van der Waals surface area contributed by atoms with Crippen molar-refractivity contribution < 1.29 is 9.13 Å². The second-order valence-corrected chi connectivity index (χ2v) is 15.0. The van der Waals surface area contributed by atoms with E-state index in [1.807, 2.05) is 0 Å². The van der Waals surface area contributed by atoms with E-state index in [-0.39, 0.29) is 11.0 Å². The normalized spacial score (nSPS) is 20.1. The minimum atomic E-state index is -0.200. The molecule has 2 aromatic heterocycles. The molecule has 0 N–H and O–H groups in total. The van der Waals surface area contributed by atoms with E-state index in [4.69, 9.17) is 0 Å². The number of aromatic nitrogens is 3. The van der Waals surface area contributed by atoms with Gasteiger partial charge in [0, 0.05) is 39.7 Å². The van der Waals surface area contributed by atoms with Crippen molar-refractivity contribution >= 4 is 11.0 Å². The fraction of sp³-hybridized carbons (Fsp3) is 0.250. The highest BCUT2D eigenvalue weighted by molar-refractivity contribution is 5.87. The lowest BCUT2D eigenvalue weighted by atomic mass is 9.59. The van der Waals surface area contributed by atoms with Crippen LogP contribution in [-0.4, -0.2) is 4.57 Å². The van der Waals surface area contributed by atoms with Crippen LogP contribution in [-0.2, 0) is 17.5 Å². The summed E-state index contributed by atoms with van der Waals surface area (Å²) in [5.41, 5.74) is 15.7. The second kappa shape index (κ2) is 11.9. The summed E-state index contributed by atoms with van der Waals surface area (Å²) in [7, 11) is 0. The van der Waals surface area contributed by atoms with Crippen LogP contribution in [0.15, 0.2) is 140 Å². The highest BCUT2D eigenvalue weighted by Crippen LogP contribution is 2.54. The van der Waals surface area contributed by atoms with Crippen molar-refractivity contribution in [2.75, 3.05) is 0 Å². The van der Waals surface area contributed by atoms with Gasteiger partial charge in [-0.15, -0.1) is 0 Å². The van der Waals surface area contributed by atoms with E-state index in [0.717, 1.165) is 25.8 Å². The molecule has 0 saturated heterocycles. The SMILES string of the molecule is CCC1(C)c2ccccc2-c2n3c4c(cccc4[n+]2C1(CC)CC[n+]1cc(-c2ccccc2)ccc1-c1ccccc1C)C(C)c1ccccc1-3. The van der Waals surface area contributed by atoms with Crippen LogP contribution in [0, 0.1) is 6.92 Å². The highest BCUT2D eigenvalue weighted by atomic mass is 15.2. The van der Waals surface area contributed by atoms with E-state index in [2.05, 4.69) is 188 Å². The van der Waals surface area contributed by atoms with Crippen LogP contribution >= 0.6 is 0 Å². The van der Waals surface area contributed by atoms with Crippen LogP contribution in [0.2, 0.25) is 0 Å². The molecule has 5 aromatic carbocycles. The Morgan fingerprint density at radius 1 is 0.667 bits per heavy atom. The van der Waals surface area contributed by atoms with Crippen molar-refractivity contribution in [3.05, 3.63) is 162 Å². The van der Waals surface area contributed by atoms with Crippen molar-refractivity contribution in [3.8, 4) is 39.5 Å². The molecule has 9 rings (SSSR count). The van der Waals surface area contributed by atoms with Crippen molar-refractivity contribution in [2.24, 2.45) is 0 Å². The predicted octanol–water partition coefficient (Wildman–Crippen LogP) is 10.9. The maximum absolute atomic E-state index is 2.82. The lowest BCUT2D eigenvalue weighted by molar-refractivity contribution is -0.764. The summed E-state index contributed by atoms with van der Waals surface area (Å²) in [6.07, 6.45) is 5.45. The molecule has 2 aliphatic rings. The third-order valence-corrected chi connectivity index (χ3v) is 12.9. The molecule has 0 aliphatic carbocycles. The third-order valence-electron chi connectivity index (χ3n) is 12.9. The second-order valence-electron chi connectivity index (χ2n) is 15.0. The van der Waals surface area contributed by atoms with Crippen molar-refractivity contribution in [2.45, 2.75) is 77.3 Å². The van der Waals surface area contributed by atoms with Crippen LogP contribution in [0.5, 0.6) is 0 Å². The van der Waals surface area contributed by atoms with Crippen molar-refractivity contribution in [3.63, 3.8) is 0 Å². The number of benzene rings is 5. The molecule has 3 atom stereocenters. The maximum atomic E-state index is 2.82. The van der Waals surface area contributed by atoms with Gasteiger partial charge in [-0.2, -0.15) is 9.13 Å². The molecule has 0 bridgehead atoms. The fourth-order valence-corrected chi connectivity index (χ4v) is 10.0. The first-order chi connectivity index (χ1) is 24.9. The summed E-state index contributed by atoms with van der Waals surface area (Å²) in [6.45, 7) is 12.9. The monoisotopic (exact) mass is 665 g/mol. The lowest BCUT2D eigenvalue weighted by Gasteiger charge is -2.49. The van der Waals surface area contributed by atoms with E-state index >= 15 is 0 Å². The molecule has 0 radical (unpaired) electrons. The van der Waals surface area contributed by atoms with E-state index in [0.29, 0.717) is 5.92 Å². The zero-order chi connectivity index (χ0) is 34.9. The first kappa shape index (κ1) is 31.7. The molecule has 252 valence electrons. The van der Waals surface area contributed by atoms with Gasteiger partial charge in [0.1, 0.15) is 11.2 Å². The summed E-state index contributed by atoms with van der Waals surface area (Å²) in [4.78, 5) is 0. The number of hydrogen-bond acceptors (Lipinski definition) is 0. The number of hydrogen-bond donors (Lipinski definition) is 0. The van der Waals surface area contributed by atoms with Crippen molar-refractivity contribution in [1.82, 2.24) is 4.57 Å². The lowest BCUT2D eigenvalue weighted by Crippen LogP contribution is -2.70. The molecule has 51 heavy (non-hydrogen) atoms. The van der Waals surface area contributed by atoms with E-state index in [9.17, 15) is 0 Å². The van der Waals surface area contributed by atoms with Gasteiger partial charge in [0.05, 0.1) is 12.0 Å². The summed E-state index contributed by atoms with van der Waals surface area (Å²) >= 11 is 0. The average Bonchev–Trinajstić information content (AvgIpc) is 3.54. The Hall–Kier alpha value is -5.28. The number of rotatable bonds is 7. The first-order valence-corrected chi connectivity index (χ1v) is 18.9.